The van der Waals surface area contributed by atoms with E-state index in [9.17, 15) is 18.0 Å². The van der Waals surface area contributed by atoms with Crippen molar-refractivity contribution in [3.05, 3.63) is 41.6 Å². The van der Waals surface area contributed by atoms with Gasteiger partial charge in [-0.3, -0.25) is 5.10 Å². The number of hydrogen-bond donors (Lipinski definition) is 2. The molecule has 0 aliphatic carbocycles. The Kier molecular flexibility index (Phi) is 2.75. The minimum Gasteiger partial charge on any atom is -0.478 e. The van der Waals surface area contributed by atoms with Crippen LogP contribution in [-0.4, -0.2) is 21.3 Å². The number of H-pyrrole nitrogens is 1. The number of hydrogen-bond acceptors (Lipinski definition) is 3. The van der Waals surface area contributed by atoms with E-state index in [0.717, 1.165) is 18.3 Å². The predicted octanol–water partition coefficient (Wildman–Crippen LogP) is 3.54. The number of aromatic amines is 1. The monoisotopic (exact) mass is 296 g/mol. The van der Waals surface area contributed by atoms with Crippen LogP contribution in [0.1, 0.15) is 15.9 Å². The van der Waals surface area contributed by atoms with Crippen molar-refractivity contribution in [1.29, 1.82) is 0 Å². The first-order valence-electron chi connectivity index (χ1n) is 5.74. The van der Waals surface area contributed by atoms with Crippen LogP contribution in [0.3, 0.4) is 0 Å². The standard InChI is InChI=1S/C13H7F3N2O3/c14-13(15,16)7-1-2-9-6(3-7)4-10(21-9)11-8(12(19)20)5-17-18-11/h1-5H,(H,17,18)(H,19,20). The highest BCUT2D eigenvalue weighted by Crippen LogP contribution is 2.34. The maximum atomic E-state index is 12.6. The van der Waals surface area contributed by atoms with Gasteiger partial charge in [0.25, 0.3) is 0 Å². The third-order valence-corrected chi connectivity index (χ3v) is 2.96. The average Bonchev–Trinajstić information content (AvgIpc) is 3.02. The van der Waals surface area contributed by atoms with Gasteiger partial charge in [0.1, 0.15) is 16.8 Å². The summed E-state index contributed by atoms with van der Waals surface area (Å²) in [6.07, 6.45) is -3.35. The van der Waals surface area contributed by atoms with Crippen LogP contribution in [0.15, 0.2) is 34.9 Å². The Morgan fingerprint density at radius 3 is 2.71 bits per heavy atom. The van der Waals surface area contributed by atoms with Crippen molar-refractivity contribution in [2.45, 2.75) is 6.18 Å². The number of nitrogens with zero attached hydrogens (tertiary/aromatic N) is 1. The Hall–Kier alpha value is -2.77. The molecule has 3 rings (SSSR count). The summed E-state index contributed by atoms with van der Waals surface area (Å²) >= 11 is 0. The summed E-state index contributed by atoms with van der Waals surface area (Å²) in [5.74, 6) is -1.10. The molecule has 0 aliphatic heterocycles. The first-order chi connectivity index (χ1) is 9.86. The van der Waals surface area contributed by atoms with Gasteiger partial charge >= 0.3 is 12.1 Å². The van der Waals surface area contributed by atoms with Crippen molar-refractivity contribution in [2.24, 2.45) is 0 Å². The zero-order valence-electron chi connectivity index (χ0n) is 10.2. The number of rotatable bonds is 2. The molecule has 1 aromatic carbocycles. The van der Waals surface area contributed by atoms with E-state index < -0.39 is 17.7 Å². The van der Waals surface area contributed by atoms with Crippen LogP contribution in [0.2, 0.25) is 0 Å². The lowest BCUT2D eigenvalue weighted by Gasteiger charge is -2.04. The van der Waals surface area contributed by atoms with E-state index >= 15 is 0 Å². The topological polar surface area (TPSA) is 79.1 Å². The maximum absolute atomic E-state index is 12.6. The van der Waals surface area contributed by atoms with Crippen LogP contribution >= 0.6 is 0 Å². The summed E-state index contributed by atoms with van der Waals surface area (Å²) in [6.45, 7) is 0. The average molecular weight is 296 g/mol. The van der Waals surface area contributed by atoms with Gasteiger partial charge in [-0.2, -0.15) is 18.3 Å². The van der Waals surface area contributed by atoms with Gasteiger partial charge in [-0.05, 0) is 24.3 Å². The van der Waals surface area contributed by atoms with Gasteiger partial charge in [-0.1, -0.05) is 0 Å². The number of aromatic carboxylic acids is 1. The molecule has 0 atom stereocenters. The molecule has 0 saturated heterocycles. The fourth-order valence-electron chi connectivity index (χ4n) is 1.98. The highest BCUT2D eigenvalue weighted by Gasteiger charge is 2.31. The number of benzene rings is 1. The number of halogens is 3. The lowest BCUT2D eigenvalue weighted by atomic mass is 10.1. The molecule has 0 spiro atoms. The number of fused-ring (bicyclic) bond motifs is 1. The van der Waals surface area contributed by atoms with Crippen LogP contribution in [-0.2, 0) is 6.18 Å². The minimum absolute atomic E-state index is 0.104. The predicted molar refractivity (Wildman–Crippen MR) is 65.8 cm³/mol. The largest absolute Gasteiger partial charge is 0.478 e. The zero-order valence-corrected chi connectivity index (χ0v) is 10.2. The van der Waals surface area contributed by atoms with E-state index in [1.165, 1.54) is 12.1 Å². The van der Waals surface area contributed by atoms with Gasteiger partial charge in [0.05, 0.1) is 11.8 Å². The molecule has 2 heterocycles. The Balaban J connectivity index is 2.13. The van der Waals surface area contributed by atoms with E-state index in [0.29, 0.717) is 0 Å². The molecular weight excluding hydrogens is 289 g/mol. The molecule has 0 fully saturated rings. The van der Waals surface area contributed by atoms with Gasteiger partial charge in [0.2, 0.25) is 0 Å². The van der Waals surface area contributed by atoms with Crippen molar-refractivity contribution in [3.8, 4) is 11.5 Å². The van der Waals surface area contributed by atoms with Gasteiger partial charge in [-0.25, -0.2) is 4.79 Å². The number of carboxylic acids is 1. The molecule has 21 heavy (non-hydrogen) atoms. The summed E-state index contributed by atoms with van der Waals surface area (Å²) in [4.78, 5) is 11.0. The van der Waals surface area contributed by atoms with E-state index in [4.69, 9.17) is 9.52 Å². The molecule has 3 aromatic rings. The fourth-order valence-corrected chi connectivity index (χ4v) is 1.98. The number of aromatic nitrogens is 2. The third kappa shape index (κ3) is 2.24. The zero-order chi connectivity index (χ0) is 15.2. The quantitative estimate of drug-likeness (QED) is 0.758. The molecule has 0 aliphatic rings. The SMILES string of the molecule is O=C(O)c1cn[nH]c1-c1cc2cc(C(F)(F)F)ccc2o1. The minimum atomic E-state index is -4.45. The van der Waals surface area contributed by atoms with Crippen molar-refractivity contribution in [1.82, 2.24) is 10.2 Å². The van der Waals surface area contributed by atoms with Crippen molar-refractivity contribution < 1.29 is 27.5 Å². The van der Waals surface area contributed by atoms with Gasteiger partial charge in [-0.15, -0.1) is 0 Å². The normalized spacial score (nSPS) is 12.0. The van der Waals surface area contributed by atoms with Gasteiger partial charge in [0, 0.05) is 5.39 Å². The number of furan rings is 1. The summed E-state index contributed by atoms with van der Waals surface area (Å²) < 4.78 is 43.3. The molecule has 0 saturated carbocycles. The molecular formula is C13H7F3N2O3. The summed E-state index contributed by atoms with van der Waals surface area (Å²) in [5.41, 5.74) is -0.591. The van der Waals surface area contributed by atoms with Crippen LogP contribution in [0, 0.1) is 0 Å². The van der Waals surface area contributed by atoms with Crippen molar-refractivity contribution in [3.63, 3.8) is 0 Å². The third-order valence-electron chi connectivity index (χ3n) is 2.96. The molecule has 0 bridgehead atoms. The van der Waals surface area contributed by atoms with Gasteiger partial charge in [0.15, 0.2) is 5.76 Å². The van der Waals surface area contributed by atoms with E-state index in [1.54, 1.807) is 0 Å². The fraction of sp³-hybridized carbons (Fsp3) is 0.0769. The van der Waals surface area contributed by atoms with Crippen LogP contribution in [0.5, 0.6) is 0 Å². The molecule has 8 heteroatoms. The molecule has 0 unspecified atom stereocenters. The Morgan fingerprint density at radius 2 is 2.05 bits per heavy atom. The first kappa shape index (κ1) is 13.2. The van der Waals surface area contributed by atoms with Crippen LogP contribution in [0.4, 0.5) is 13.2 Å². The summed E-state index contributed by atoms with van der Waals surface area (Å²) in [5, 5.41) is 15.3. The lowest BCUT2D eigenvalue weighted by molar-refractivity contribution is -0.137. The molecule has 2 N–H and O–H groups in total. The Morgan fingerprint density at radius 1 is 1.29 bits per heavy atom. The van der Waals surface area contributed by atoms with Crippen molar-refractivity contribution >= 4 is 16.9 Å². The molecule has 2 aromatic heterocycles. The van der Waals surface area contributed by atoms with Crippen LogP contribution in [0.25, 0.3) is 22.4 Å². The number of nitrogens with one attached hydrogen (secondary N) is 1. The lowest BCUT2D eigenvalue weighted by Crippen LogP contribution is -2.03. The molecule has 0 amide bonds. The second-order valence-electron chi connectivity index (χ2n) is 4.32. The number of carbonyl (C=O) groups is 1. The van der Waals surface area contributed by atoms with Gasteiger partial charge < -0.3 is 9.52 Å². The molecule has 5 nitrogen and oxygen atoms in total. The first-order valence-corrected chi connectivity index (χ1v) is 5.74. The highest BCUT2D eigenvalue weighted by molar-refractivity contribution is 5.95. The molecule has 108 valence electrons. The Labute approximate surface area is 115 Å². The second-order valence-corrected chi connectivity index (χ2v) is 4.32. The highest BCUT2D eigenvalue weighted by atomic mass is 19.4. The smallest absolute Gasteiger partial charge is 0.416 e. The van der Waals surface area contributed by atoms with E-state index in [1.807, 2.05) is 0 Å². The second kappa shape index (κ2) is 4.37. The number of carboxylic acid groups (broad SMARTS) is 1. The molecule has 0 radical (unpaired) electrons. The van der Waals surface area contributed by atoms with Crippen LogP contribution < -0.4 is 0 Å². The maximum Gasteiger partial charge on any atom is 0.416 e. The van der Waals surface area contributed by atoms with E-state index in [-0.39, 0.29) is 28.0 Å². The van der Waals surface area contributed by atoms with Crippen molar-refractivity contribution in [2.75, 3.05) is 0 Å². The summed E-state index contributed by atoms with van der Waals surface area (Å²) in [6, 6.07) is 4.38. The van der Waals surface area contributed by atoms with E-state index in [2.05, 4.69) is 10.2 Å². The summed E-state index contributed by atoms with van der Waals surface area (Å²) in [7, 11) is 0. The Bertz CT molecular complexity index is 833. The number of alkyl halides is 3.